The Kier molecular flexibility index (Phi) is 3.89. The molecule has 1 atom stereocenters. The van der Waals surface area contributed by atoms with Crippen molar-refractivity contribution in [2.75, 3.05) is 6.61 Å². The first-order chi connectivity index (χ1) is 11.6. The van der Waals surface area contributed by atoms with Crippen LogP contribution in [0.2, 0.25) is 5.02 Å². The lowest BCUT2D eigenvalue weighted by Gasteiger charge is -2.26. The number of ether oxygens (including phenoxy) is 2. The summed E-state index contributed by atoms with van der Waals surface area (Å²) in [6.07, 6.45) is 2.78. The van der Waals surface area contributed by atoms with Crippen molar-refractivity contribution in [1.29, 1.82) is 0 Å². The first-order valence-corrected chi connectivity index (χ1v) is 8.61. The molecule has 4 rings (SSSR count). The molecule has 4 heteroatoms. The fraction of sp³-hybridized carbons (Fsp3) is 0.300. The molecule has 24 heavy (non-hydrogen) atoms. The Balaban J connectivity index is 1.66. The van der Waals surface area contributed by atoms with E-state index in [0.29, 0.717) is 23.1 Å². The third-order valence-electron chi connectivity index (χ3n) is 4.54. The number of aryl methyl sites for hydroxylation is 1. The number of aliphatic hydroxyl groups excluding tert-OH is 1. The van der Waals surface area contributed by atoms with Gasteiger partial charge in [-0.25, -0.2) is 0 Å². The molecule has 1 saturated carbocycles. The van der Waals surface area contributed by atoms with E-state index in [1.807, 2.05) is 43.3 Å². The Labute approximate surface area is 146 Å². The van der Waals surface area contributed by atoms with Crippen LogP contribution >= 0.6 is 11.6 Å². The van der Waals surface area contributed by atoms with E-state index in [2.05, 4.69) is 0 Å². The van der Waals surface area contributed by atoms with Crippen LogP contribution < -0.4 is 9.47 Å². The quantitative estimate of drug-likeness (QED) is 0.704. The molecule has 2 aromatic rings. The zero-order valence-corrected chi connectivity index (χ0v) is 14.3. The predicted molar refractivity (Wildman–Crippen MR) is 94.4 cm³/mol. The largest absolute Gasteiger partial charge is 0.512 e. The molecule has 1 N–H and O–H groups in total. The molecule has 0 saturated heterocycles. The van der Waals surface area contributed by atoms with Crippen molar-refractivity contribution in [2.24, 2.45) is 0 Å². The molecular formula is C20H19ClO3. The van der Waals surface area contributed by atoms with Crippen molar-refractivity contribution < 1.29 is 14.6 Å². The van der Waals surface area contributed by atoms with Gasteiger partial charge < -0.3 is 14.6 Å². The van der Waals surface area contributed by atoms with Gasteiger partial charge in [-0.1, -0.05) is 29.3 Å². The Bertz CT molecular complexity index is 802. The lowest BCUT2D eigenvalue weighted by atomic mass is 9.90. The molecule has 0 radical (unpaired) electrons. The predicted octanol–water partition coefficient (Wildman–Crippen LogP) is 5.91. The summed E-state index contributed by atoms with van der Waals surface area (Å²) in [6.45, 7) is 2.62. The van der Waals surface area contributed by atoms with Gasteiger partial charge in [0.05, 0.1) is 17.4 Å². The first kappa shape index (κ1) is 15.4. The molecule has 1 unspecified atom stereocenters. The van der Waals surface area contributed by atoms with E-state index in [0.717, 1.165) is 41.9 Å². The fourth-order valence-corrected chi connectivity index (χ4v) is 3.26. The summed E-state index contributed by atoms with van der Waals surface area (Å²) in [5.41, 5.74) is 3.28. The van der Waals surface area contributed by atoms with E-state index in [9.17, 15) is 5.11 Å². The van der Waals surface area contributed by atoms with Crippen LogP contribution in [0.4, 0.5) is 0 Å². The van der Waals surface area contributed by atoms with Crippen molar-refractivity contribution in [1.82, 2.24) is 0 Å². The van der Waals surface area contributed by atoms with Crippen molar-refractivity contribution in [2.45, 2.75) is 32.1 Å². The van der Waals surface area contributed by atoms with Gasteiger partial charge >= 0.3 is 0 Å². The number of benzene rings is 2. The standard InChI is InChI=1S/C20H19ClO3/c1-12-2-6-14(7-3-12)24-19-11-18-16(10-17(19)21)15(8-9-23-18)20(22)13-4-5-13/h2-3,6-7,10-11,15,22H,4-5,8-9H2,1H3. The molecule has 2 aliphatic rings. The number of aliphatic hydroxyl groups is 1. The summed E-state index contributed by atoms with van der Waals surface area (Å²) in [7, 11) is 0. The lowest BCUT2D eigenvalue weighted by Crippen LogP contribution is -2.16. The van der Waals surface area contributed by atoms with Gasteiger partial charge in [0.25, 0.3) is 0 Å². The van der Waals surface area contributed by atoms with E-state index in [1.165, 1.54) is 5.56 Å². The van der Waals surface area contributed by atoms with Gasteiger partial charge in [0.1, 0.15) is 17.2 Å². The summed E-state index contributed by atoms with van der Waals surface area (Å²) in [4.78, 5) is 0. The molecule has 1 aliphatic heterocycles. The zero-order valence-electron chi connectivity index (χ0n) is 13.5. The average Bonchev–Trinajstić information content (AvgIpc) is 3.41. The Morgan fingerprint density at radius 1 is 1.21 bits per heavy atom. The molecule has 1 aliphatic carbocycles. The number of halogens is 1. The Hall–Kier alpha value is -2.13. The van der Waals surface area contributed by atoms with Gasteiger partial charge in [0.15, 0.2) is 0 Å². The Morgan fingerprint density at radius 2 is 1.96 bits per heavy atom. The van der Waals surface area contributed by atoms with Crippen molar-refractivity contribution in [3.05, 3.63) is 63.9 Å². The molecule has 0 amide bonds. The molecule has 1 heterocycles. The van der Waals surface area contributed by atoms with Crippen LogP contribution in [0.25, 0.3) is 0 Å². The van der Waals surface area contributed by atoms with Crippen LogP contribution in [0.15, 0.2) is 47.7 Å². The maximum absolute atomic E-state index is 10.4. The van der Waals surface area contributed by atoms with Crippen LogP contribution in [0.1, 0.15) is 36.3 Å². The second kappa shape index (κ2) is 6.06. The highest BCUT2D eigenvalue weighted by molar-refractivity contribution is 6.32. The SMILES string of the molecule is Cc1ccc(Oc2cc3c(cc2Cl)C(C(O)=C2CC2)CCO3)cc1. The average molecular weight is 343 g/mol. The number of fused-ring (bicyclic) bond motifs is 1. The fourth-order valence-electron chi connectivity index (χ4n) is 3.05. The molecule has 124 valence electrons. The third kappa shape index (κ3) is 2.96. The Morgan fingerprint density at radius 3 is 2.67 bits per heavy atom. The van der Waals surface area contributed by atoms with Crippen molar-refractivity contribution in [3.8, 4) is 17.2 Å². The van der Waals surface area contributed by atoms with Crippen LogP contribution in [0.3, 0.4) is 0 Å². The highest BCUT2D eigenvalue weighted by Gasteiger charge is 2.31. The van der Waals surface area contributed by atoms with Crippen LogP contribution in [0.5, 0.6) is 17.2 Å². The number of rotatable bonds is 3. The summed E-state index contributed by atoms with van der Waals surface area (Å²) in [5, 5.41) is 11.0. The smallest absolute Gasteiger partial charge is 0.149 e. The maximum atomic E-state index is 10.4. The number of hydrogen-bond acceptors (Lipinski definition) is 3. The van der Waals surface area contributed by atoms with Crippen molar-refractivity contribution in [3.63, 3.8) is 0 Å². The minimum Gasteiger partial charge on any atom is -0.512 e. The highest BCUT2D eigenvalue weighted by atomic mass is 35.5. The van der Waals surface area contributed by atoms with E-state index in [4.69, 9.17) is 21.1 Å². The maximum Gasteiger partial charge on any atom is 0.149 e. The van der Waals surface area contributed by atoms with Crippen molar-refractivity contribution >= 4 is 11.6 Å². The van der Waals surface area contributed by atoms with Gasteiger partial charge in [-0.2, -0.15) is 0 Å². The second-order valence-corrected chi connectivity index (χ2v) is 6.82. The minimum atomic E-state index is -0.0165. The molecule has 2 aromatic carbocycles. The van der Waals surface area contributed by atoms with Gasteiger partial charge in [-0.3, -0.25) is 0 Å². The van der Waals surface area contributed by atoms with Gasteiger partial charge in [-0.05, 0) is 50.0 Å². The molecular weight excluding hydrogens is 324 g/mol. The molecule has 0 aromatic heterocycles. The molecule has 1 fully saturated rings. The minimum absolute atomic E-state index is 0.0165. The van der Waals surface area contributed by atoms with E-state index >= 15 is 0 Å². The molecule has 3 nitrogen and oxygen atoms in total. The van der Waals surface area contributed by atoms with Gasteiger partial charge in [0, 0.05) is 17.5 Å². The van der Waals surface area contributed by atoms with Crippen LogP contribution in [-0.2, 0) is 0 Å². The summed E-state index contributed by atoms with van der Waals surface area (Å²) in [5.74, 6) is 2.53. The van der Waals surface area contributed by atoms with Gasteiger partial charge in [0.2, 0.25) is 0 Å². The van der Waals surface area contributed by atoms with E-state index < -0.39 is 0 Å². The van der Waals surface area contributed by atoms with Crippen LogP contribution in [-0.4, -0.2) is 11.7 Å². The highest BCUT2D eigenvalue weighted by Crippen LogP contribution is 2.46. The zero-order chi connectivity index (χ0) is 16.7. The van der Waals surface area contributed by atoms with E-state index in [1.54, 1.807) is 0 Å². The van der Waals surface area contributed by atoms with Crippen LogP contribution in [0, 0.1) is 6.92 Å². The van der Waals surface area contributed by atoms with Gasteiger partial charge in [-0.15, -0.1) is 0 Å². The topological polar surface area (TPSA) is 38.7 Å². The lowest BCUT2D eigenvalue weighted by molar-refractivity contribution is 0.248. The monoisotopic (exact) mass is 342 g/mol. The number of hydrogen-bond donors (Lipinski definition) is 1. The number of allylic oxidation sites excluding steroid dienone is 2. The second-order valence-electron chi connectivity index (χ2n) is 6.41. The normalized spacial score (nSPS) is 18.6. The summed E-state index contributed by atoms with van der Waals surface area (Å²) < 4.78 is 11.7. The summed E-state index contributed by atoms with van der Waals surface area (Å²) >= 11 is 6.43. The third-order valence-corrected chi connectivity index (χ3v) is 4.84. The van der Waals surface area contributed by atoms with E-state index in [-0.39, 0.29) is 5.92 Å². The molecule has 0 bridgehead atoms. The summed E-state index contributed by atoms with van der Waals surface area (Å²) in [6, 6.07) is 11.5. The molecule has 0 spiro atoms. The first-order valence-electron chi connectivity index (χ1n) is 8.23.